The van der Waals surface area contributed by atoms with Crippen LogP contribution in [0, 0.1) is 17.8 Å². The van der Waals surface area contributed by atoms with Crippen molar-refractivity contribution in [2.24, 2.45) is 23.5 Å². The van der Waals surface area contributed by atoms with Crippen LogP contribution in [0.5, 0.6) is 0 Å². The Kier molecular flexibility index (Phi) is 3.21. The third kappa shape index (κ3) is 2.78. The smallest absolute Gasteiger partial charge is 0.0124 e. The van der Waals surface area contributed by atoms with Crippen LogP contribution in [0.3, 0.4) is 0 Å². The van der Waals surface area contributed by atoms with Crippen molar-refractivity contribution in [1.29, 1.82) is 0 Å². The SMILES string of the molecule is NC1CCC(CNC(C2CC2)C2CC2)CC1. The van der Waals surface area contributed by atoms with Gasteiger partial charge in [0.1, 0.15) is 0 Å². The van der Waals surface area contributed by atoms with Crippen molar-refractivity contribution >= 4 is 0 Å². The number of rotatable bonds is 5. The van der Waals surface area contributed by atoms with Gasteiger partial charge in [-0.1, -0.05) is 0 Å². The fraction of sp³-hybridized carbons (Fsp3) is 1.00. The van der Waals surface area contributed by atoms with Crippen molar-refractivity contribution < 1.29 is 0 Å². The Morgan fingerprint density at radius 3 is 1.94 bits per heavy atom. The van der Waals surface area contributed by atoms with Gasteiger partial charge in [-0.15, -0.1) is 0 Å². The second kappa shape index (κ2) is 4.66. The highest BCUT2D eigenvalue weighted by Gasteiger charge is 2.41. The molecular formula is C14H26N2. The highest BCUT2D eigenvalue weighted by Crippen LogP contribution is 2.44. The van der Waals surface area contributed by atoms with Crippen molar-refractivity contribution in [2.45, 2.75) is 63.5 Å². The average Bonchev–Trinajstić information content (AvgIpc) is 3.15. The van der Waals surface area contributed by atoms with Gasteiger partial charge in [0.05, 0.1) is 0 Å². The molecule has 3 rings (SSSR count). The molecule has 16 heavy (non-hydrogen) atoms. The summed E-state index contributed by atoms with van der Waals surface area (Å²) in [5.41, 5.74) is 5.95. The van der Waals surface area contributed by atoms with Gasteiger partial charge in [-0.2, -0.15) is 0 Å². The van der Waals surface area contributed by atoms with Crippen LogP contribution in [-0.2, 0) is 0 Å². The maximum Gasteiger partial charge on any atom is 0.0124 e. The van der Waals surface area contributed by atoms with E-state index in [0.29, 0.717) is 6.04 Å². The minimum absolute atomic E-state index is 0.499. The fourth-order valence-corrected chi connectivity index (χ4v) is 3.32. The second-order valence-electron chi connectivity index (χ2n) is 6.39. The first-order valence-corrected chi connectivity index (χ1v) is 7.32. The summed E-state index contributed by atoms with van der Waals surface area (Å²) in [6.07, 6.45) is 11.2. The molecule has 3 fully saturated rings. The van der Waals surface area contributed by atoms with Gasteiger partial charge < -0.3 is 11.1 Å². The Morgan fingerprint density at radius 2 is 1.44 bits per heavy atom. The quantitative estimate of drug-likeness (QED) is 0.749. The van der Waals surface area contributed by atoms with Gasteiger partial charge in [-0.05, 0) is 75.7 Å². The fourth-order valence-electron chi connectivity index (χ4n) is 3.32. The van der Waals surface area contributed by atoms with Crippen LogP contribution in [-0.4, -0.2) is 18.6 Å². The van der Waals surface area contributed by atoms with Crippen molar-refractivity contribution in [2.75, 3.05) is 6.54 Å². The zero-order valence-electron chi connectivity index (χ0n) is 10.3. The average molecular weight is 222 g/mol. The second-order valence-corrected chi connectivity index (χ2v) is 6.39. The third-order valence-electron chi connectivity index (χ3n) is 4.79. The molecule has 92 valence electrons. The number of hydrogen-bond donors (Lipinski definition) is 2. The van der Waals surface area contributed by atoms with Crippen molar-refractivity contribution in [1.82, 2.24) is 5.32 Å². The topological polar surface area (TPSA) is 38.0 Å². The van der Waals surface area contributed by atoms with Gasteiger partial charge in [0.15, 0.2) is 0 Å². The molecule has 0 aliphatic heterocycles. The Morgan fingerprint density at radius 1 is 0.875 bits per heavy atom. The first-order valence-electron chi connectivity index (χ1n) is 7.32. The maximum atomic E-state index is 5.95. The molecule has 0 heterocycles. The van der Waals surface area contributed by atoms with Gasteiger partial charge in [0.25, 0.3) is 0 Å². The lowest BCUT2D eigenvalue weighted by Crippen LogP contribution is -2.38. The minimum atomic E-state index is 0.499. The molecule has 0 radical (unpaired) electrons. The van der Waals surface area contributed by atoms with E-state index in [4.69, 9.17) is 5.73 Å². The zero-order chi connectivity index (χ0) is 11.0. The van der Waals surface area contributed by atoms with E-state index in [1.54, 1.807) is 0 Å². The molecule has 0 amide bonds. The van der Waals surface area contributed by atoms with E-state index in [0.717, 1.165) is 23.8 Å². The van der Waals surface area contributed by atoms with Crippen LogP contribution in [0.1, 0.15) is 51.4 Å². The molecule has 3 aliphatic carbocycles. The van der Waals surface area contributed by atoms with Crippen LogP contribution in [0.15, 0.2) is 0 Å². The third-order valence-corrected chi connectivity index (χ3v) is 4.79. The van der Waals surface area contributed by atoms with E-state index in [1.165, 1.54) is 57.9 Å². The van der Waals surface area contributed by atoms with Gasteiger partial charge in [0, 0.05) is 12.1 Å². The normalized spacial score (nSPS) is 35.6. The van der Waals surface area contributed by atoms with E-state index in [2.05, 4.69) is 5.32 Å². The molecule has 3 saturated carbocycles. The highest BCUT2D eigenvalue weighted by atomic mass is 15.0. The van der Waals surface area contributed by atoms with Gasteiger partial charge in [0.2, 0.25) is 0 Å². The molecule has 0 atom stereocenters. The highest BCUT2D eigenvalue weighted by molar-refractivity contribution is 4.96. The summed E-state index contributed by atoms with van der Waals surface area (Å²) in [4.78, 5) is 0. The lowest BCUT2D eigenvalue weighted by molar-refractivity contribution is 0.290. The van der Waals surface area contributed by atoms with Gasteiger partial charge in [-0.25, -0.2) is 0 Å². The molecule has 0 bridgehead atoms. The lowest BCUT2D eigenvalue weighted by Gasteiger charge is -2.28. The Bertz CT molecular complexity index is 213. The van der Waals surface area contributed by atoms with E-state index in [1.807, 2.05) is 0 Å². The summed E-state index contributed by atoms with van der Waals surface area (Å²) in [6.45, 7) is 1.27. The summed E-state index contributed by atoms with van der Waals surface area (Å²) in [6, 6.07) is 1.38. The maximum absolute atomic E-state index is 5.95. The molecule has 3 N–H and O–H groups in total. The summed E-state index contributed by atoms with van der Waals surface area (Å²) in [5.74, 6) is 3.00. The predicted octanol–water partition coefficient (Wildman–Crippen LogP) is 2.28. The standard InChI is InChI=1S/C14H26N2/c15-13-7-1-10(2-8-13)9-16-14(11-3-4-11)12-5-6-12/h10-14,16H,1-9,15H2. The van der Waals surface area contributed by atoms with Crippen molar-refractivity contribution in [3.05, 3.63) is 0 Å². The zero-order valence-corrected chi connectivity index (χ0v) is 10.3. The van der Waals surface area contributed by atoms with Crippen molar-refractivity contribution in [3.8, 4) is 0 Å². The van der Waals surface area contributed by atoms with E-state index in [-0.39, 0.29) is 0 Å². The van der Waals surface area contributed by atoms with Crippen LogP contribution in [0.4, 0.5) is 0 Å². The molecule has 0 aromatic rings. The van der Waals surface area contributed by atoms with E-state index in [9.17, 15) is 0 Å². The molecule has 0 unspecified atom stereocenters. The molecule has 0 aromatic carbocycles. The van der Waals surface area contributed by atoms with E-state index < -0.39 is 0 Å². The summed E-state index contributed by atoms with van der Waals surface area (Å²) in [7, 11) is 0. The van der Waals surface area contributed by atoms with Crippen LogP contribution >= 0.6 is 0 Å². The molecule has 0 saturated heterocycles. The number of hydrogen-bond acceptors (Lipinski definition) is 2. The van der Waals surface area contributed by atoms with Crippen LogP contribution < -0.4 is 11.1 Å². The molecule has 3 aliphatic rings. The Labute approximate surface area is 99.4 Å². The first-order chi connectivity index (χ1) is 7.83. The molecule has 2 heteroatoms. The Hall–Kier alpha value is -0.0800. The predicted molar refractivity (Wildman–Crippen MR) is 67.2 cm³/mol. The van der Waals surface area contributed by atoms with Gasteiger partial charge in [-0.3, -0.25) is 0 Å². The molecule has 2 nitrogen and oxygen atoms in total. The number of nitrogens with two attached hydrogens (primary N) is 1. The monoisotopic (exact) mass is 222 g/mol. The van der Waals surface area contributed by atoms with E-state index >= 15 is 0 Å². The summed E-state index contributed by atoms with van der Waals surface area (Å²) < 4.78 is 0. The van der Waals surface area contributed by atoms with Gasteiger partial charge >= 0.3 is 0 Å². The molecular weight excluding hydrogens is 196 g/mol. The Balaban J connectivity index is 1.41. The molecule has 0 spiro atoms. The summed E-state index contributed by atoms with van der Waals surface area (Å²) in [5, 5.41) is 3.89. The largest absolute Gasteiger partial charge is 0.328 e. The van der Waals surface area contributed by atoms with Crippen molar-refractivity contribution in [3.63, 3.8) is 0 Å². The van der Waals surface area contributed by atoms with Crippen LogP contribution in [0.25, 0.3) is 0 Å². The lowest BCUT2D eigenvalue weighted by atomic mass is 9.86. The van der Waals surface area contributed by atoms with Crippen LogP contribution in [0.2, 0.25) is 0 Å². The minimum Gasteiger partial charge on any atom is -0.328 e. The summed E-state index contributed by atoms with van der Waals surface area (Å²) >= 11 is 0. The number of nitrogens with one attached hydrogen (secondary N) is 1. The molecule has 0 aromatic heterocycles. The first kappa shape index (κ1) is 11.0.